The lowest BCUT2D eigenvalue weighted by Crippen LogP contribution is -2.24. The maximum absolute atomic E-state index is 10.1. The predicted molar refractivity (Wildman–Crippen MR) is 70.8 cm³/mol. The Morgan fingerprint density at radius 2 is 1.88 bits per heavy atom. The lowest BCUT2D eigenvalue weighted by molar-refractivity contribution is 0.302. The highest BCUT2D eigenvalue weighted by atomic mass is 16.3. The van der Waals surface area contributed by atoms with E-state index in [0.717, 1.165) is 24.0 Å². The van der Waals surface area contributed by atoms with Gasteiger partial charge < -0.3 is 16.6 Å². The third-order valence-corrected chi connectivity index (χ3v) is 3.96. The summed E-state index contributed by atoms with van der Waals surface area (Å²) in [7, 11) is 0. The second kappa shape index (κ2) is 4.96. The Kier molecular flexibility index (Phi) is 3.57. The summed E-state index contributed by atoms with van der Waals surface area (Å²) < 4.78 is 0. The fourth-order valence-electron chi connectivity index (χ4n) is 2.88. The van der Waals surface area contributed by atoms with Crippen molar-refractivity contribution < 1.29 is 5.11 Å². The molecule has 1 atom stereocenters. The molecule has 0 unspecified atom stereocenters. The summed E-state index contributed by atoms with van der Waals surface area (Å²) in [5.41, 5.74) is 14.4. The van der Waals surface area contributed by atoms with Crippen LogP contribution in [-0.2, 0) is 0 Å². The number of phenols is 1. The minimum absolute atomic E-state index is 0.0844. The van der Waals surface area contributed by atoms with E-state index < -0.39 is 0 Å². The highest BCUT2D eigenvalue weighted by molar-refractivity contribution is 5.59. The molecule has 94 valence electrons. The van der Waals surface area contributed by atoms with E-state index in [-0.39, 0.29) is 11.8 Å². The maximum atomic E-state index is 10.1. The number of nitrogens with two attached hydrogens (primary N) is 2. The number of rotatable bonds is 2. The zero-order valence-electron chi connectivity index (χ0n) is 10.4. The standard InChI is InChI=1S/C14H22N2O/c1-9-7-8-11(15)14(17)12(9)13(16)10-5-3-2-4-6-10/h7-8,10,13,17H,2-6,15-16H2,1H3/t13-/m0/s1. The molecule has 1 aliphatic rings. The highest BCUT2D eigenvalue weighted by Crippen LogP contribution is 2.39. The Hall–Kier alpha value is -1.22. The minimum Gasteiger partial charge on any atom is -0.505 e. The summed E-state index contributed by atoms with van der Waals surface area (Å²) >= 11 is 0. The molecule has 1 saturated carbocycles. The van der Waals surface area contributed by atoms with Crippen LogP contribution in [0.1, 0.15) is 49.3 Å². The van der Waals surface area contributed by atoms with E-state index in [1.165, 1.54) is 19.3 Å². The van der Waals surface area contributed by atoms with Crippen LogP contribution in [0.3, 0.4) is 0 Å². The van der Waals surface area contributed by atoms with E-state index in [0.29, 0.717) is 11.6 Å². The van der Waals surface area contributed by atoms with Gasteiger partial charge in [-0.1, -0.05) is 25.3 Å². The largest absolute Gasteiger partial charge is 0.505 e. The first-order chi connectivity index (χ1) is 8.11. The van der Waals surface area contributed by atoms with Gasteiger partial charge in [-0.25, -0.2) is 0 Å². The molecule has 2 rings (SSSR count). The van der Waals surface area contributed by atoms with Crippen LogP contribution < -0.4 is 11.5 Å². The molecule has 0 saturated heterocycles. The molecule has 1 aliphatic carbocycles. The van der Waals surface area contributed by atoms with Crippen LogP contribution in [0.15, 0.2) is 12.1 Å². The number of phenolic OH excluding ortho intramolecular Hbond substituents is 1. The normalized spacial score (nSPS) is 19.2. The van der Waals surface area contributed by atoms with Crippen molar-refractivity contribution in [1.82, 2.24) is 0 Å². The van der Waals surface area contributed by atoms with Gasteiger partial charge in [-0.3, -0.25) is 0 Å². The molecule has 0 spiro atoms. The van der Waals surface area contributed by atoms with Gasteiger partial charge in [0, 0.05) is 11.6 Å². The monoisotopic (exact) mass is 234 g/mol. The minimum atomic E-state index is -0.0844. The van der Waals surface area contributed by atoms with Crippen molar-refractivity contribution in [2.45, 2.75) is 45.1 Å². The van der Waals surface area contributed by atoms with Crippen molar-refractivity contribution in [2.75, 3.05) is 5.73 Å². The molecule has 17 heavy (non-hydrogen) atoms. The van der Waals surface area contributed by atoms with Crippen molar-refractivity contribution >= 4 is 5.69 Å². The van der Waals surface area contributed by atoms with Crippen molar-refractivity contribution in [3.63, 3.8) is 0 Å². The Morgan fingerprint density at radius 3 is 2.53 bits per heavy atom. The lowest BCUT2D eigenvalue weighted by Gasteiger charge is -2.29. The molecule has 1 aromatic rings. The number of nitrogen functional groups attached to an aromatic ring is 1. The summed E-state index contributed by atoms with van der Waals surface area (Å²) in [5.74, 6) is 0.665. The summed E-state index contributed by atoms with van der Waals surface area (Å²) in [6.07, 6.45) is 6.13. The lowest BCUT2D eigenvalue weighted by atomic mass is 9.80. The number of benzene rings is 1. The topological polar surface area (TPSA) is 72.3 Å². The molecule has 3 nitrogen and oxygen atoms in total. The zero-order chi connectivity index (χ0) is 12.4. The van der Waals surface area contributed by atoms with E-state index in [1.54, 1.807) is 6.07 Å². The second-order valence-corrected chi connectivity index (χ2v) is 5.16. The van der Waals surface area contributed by atoms with Gasteiger partial charge in [0.25, 0.3) is 0 Å². The molecule has 5 N–H and O–H groups in total. The van der Waals surface area contributed by atoms with E-state index in [2.05, 4.69) is 0 Å². The third kappa shape index (κ3) is 2.39. The van der Waals surface area contributed by atoms with Gasteiger partial charge >= 0.3 is 0 Å². The molecular weight excluding hydrogens is 212 g/mol. The molecule has 1 fully saturated rings. The summed E-state index contributed by atoms with van der Waals surface area (Å²) in [4.78, 5) is 0. The first-order valence-electron chi connectivity index (χ1n) is 6.44. The van der Waals surface area contributed by atoms with Crippen LogP contribution in [0.25, 0.3) is 0 Å². The summed E-state index contributed by atoms with van der Waals surface area (Å²) in [5, 5.41) is 10.1. The Morgan fingerprint density at radius 1 is 1.24 bits per heavy atom. The van der Waals surface area contributed by atoms with E-state index in [1.807, 2.05) is 13.0 Å². The molecule has 0 bridgehead atoms. The molecule has 0 heterocycles. The number of aromatic hydroxyl groups is 1. The second-order valence-electron chi connectivity index (χ2n) is 5.16. The van der Waals surface area contributed by atoms with E-state index in [4.69, 9.17) is 11.5 Å². The average molecular weight is 234 g/mol. The van der Waals surface area contributed by atoms with Crippen LogP contribution in [0.5, 0.6) is 5.75 Å². The highest BCUT2D eigenvalue weighted by Gasteiger charge is 2.25. The zero-order valence-corrected chi connectivity index (χ0v) is 10.4. The maximum Gasteiger partial charge on any atom is 0.143 e. The molecule has 0 radical (unpaired) electrons. The Balaban J connectivity index is 2.29. The molecule has 0 aromatic heterocycles. The van der Waals surface area contributed by atoms with Gasteiger partial charge in [-0.2, -0.15) is 0 Å². The van der Waals surface area contributed by atoms with Gasteiger partial charge in [0.2, 0.25) is 0 Å². The van der Waals surface area contributed by atoms with Gasteiger partial charge in [0.1, 0.15) is 5.75 Å². The molecule has 1 aromatic carbocycles. The number of aryl methyl sites for hydroxylation is 1. The number of hydrogen-bond acceptors (Lipinski definition) is 3. The van der Waals surface area contributed by atoms with Crippen LogP contribution in [0, 0.1) is 12.8 Å². The van der Waals surface area contributed by atoms with Crippen LogP contribution in [0.4, 0.5) is 5.69 Å². The van der Waals surface area contributed by atoms with Gasteiger partial charge in [-0.15, -0.1) is 0 Å². The first kappa shape index (κ1) is 12.2. The van der Waals surface area contributed by atoms with Crippen molar-refractivity contribution in [3.05, 3.63) is 23.3 Å². The van der Waals surface area contributed by atoms with Crippen molar-refractivity contribution in [1.29, 1.82) is 0 Å². The Bertz CT molecular complexity index is 397. The Labute approximate surface area is 103 Å². The molecule has 0 aliphatic heterocycles. The van der Waals surface area contributed by atoms with Crippen LogP contribution in [0.2, 0.25) is 0 Å². The summed E-state index contributed by atoms with van der Waals surface area (Å²) in [6, 6.07) is 3.59. The van der Waals surface area contributed by atoms with Crippen molar-refractivity contribution in [2.24, 2.45) is 11.7 Å². The number of hydrogen-bond donors (Lipinski definition) is 3. The first-order valence-corrected chi connectivity index (χ1v) is 6.44. The molecule has 0 amide bonds. The average Bonchev–Trinajstić information content (AvgIpc) is 2.35. The SMILES string of the molecule is Cc1ccc(N)c(O)c1[C@@H](N)C1CCCCC1. The van der Waals surface area contributed by atoms with Crippen LogP contribution >= 0.6 is 0 Å². The van der Waals surface area contributed by atoms with E-state index >= 15 is 0 Å². The smallest absolute Gasteiger partial charge is 0.143 e. The molecular formula is C14H22N2O. The summed E-state index contributed by atoms with van der Waals surface area (Å²) in [6.45, 7) is 1.98. The number of anilines is 1. The van der Waals surface area contributed by atoms with Gasteiger partial charge in [0.15, 0.2) is 0 Å². The van der Waals surface area contributed by atoms with E-state index in [9.17, 15) is 5.11 Å². The fourth-order valence-corrected chi connectivity index (χ4v) is 2.88. The third-order valence-electron chi connectivity index (χ3n) is 3.96. The molecule has 3 heteroatoms. The van der Waals surface area contributed by atoms with Crippen LogP contribution in [-0.4, -0.2) is 5.11 Å². The van der Waals surface area contributed by atoms with Crippen molar-refractivity contribution in [3.8, 4) is 5.75 Å². The quantitative estimate of drug-likeness (QED) is 0.544. The fraction of sp³-hybridized carbons (Fsp3) is 0.571. The predicted octanol–water partition coefficient (Wildman–Crippen LogP) is 2.86. The van der Waals surface area contributed by atoms with Gasteiger partial charge in [0.05, 0.1) is 5.69 Å². The van der Waals surface area contributed by atoms with Gasteiger partial charge in [-0.05, 0) is 37.3 Å².